The molecule has 0 aromatic carbocycles. The van der Waals surface area contributed by atoms with Crippen LogP contribution in [0.5, 0.6) is 0 Å². The Morgan fingerprint density at radius 2 is 2.00 bits per heavy atom. The molecule has 0 spiro atoms. The smallest absolute Gasteiger partial charge is 0.103 e. The van der Waals surface area contributed by atoms with Gasteiger partial charge in [0.25, 0.3) is 0 Å². The topological polar surface area (TPSA) is 28.7 Å². The monoisotopic (exact) mass is 218 g/mol. The summed E-state index contributed by atoms with van der Waals surface area (Å²) in [5, 5.41) is 0. The average Bonchev–Trinajstić information content (AvgIpc) is 1.87. The van der Waals surface area contributed by atoms with Crippen molar-refractivity contribution in [2.45, 2.75) is 13.8 Å². The number of aromatic nitrogens is 2. The maximum atomic E-state index is 4.06. The van der Waals surface area contributed by atoms with Crippen molar-refractivity contribution in [2.24, 2.45) is 0 Å². The molecule has 1 N–H and O–H groups in total. The Labute approximate surface area is 75.5 Å². The fourth-order valence-electron chi connectivity index (χ4n) is 0.538. The van der Waals surface area contributed by atoms with Crippen LogP contribution < -0.4 is 0 Å². The van der Waals surface area contributed by atoms with Crippen LogP contribution in [-0.2, 0) is 33.8 Å². The van der Waals surface area contributed by atoms with Crippen LogP contribution in [0.2, 0.25) is 0 Å². The third kappa shape index (κ3) is 3.75. The van der Waals surface area contributed by atoms with Crippen molar-refractivity contribution in [3.8, 4) is 0 Å². The van der Waals surface area contributed by atoms with Gasteiger partial charge >= 0.3 is 0 Å². The third-order valence-electron chi connectivity index (χ3n) is 0.834. The number of imidazole rings is 1. The molecule has 1 aromatic heterocycles. The van der Waals surface area contributed by atoms with E-state index in [1.807, 2.05) is 20.0 Å². The Morgan fingerprint density at radius 3 is 2.11 bits per heavy atom. The first-order chi connectivity index (χ1) is 3.29. The van der Waals surface area contributed by atoms with Gasteiger partial charge in [0.15, 0.2) is 0 Å². The third-order valence-corrected chi connectivity index (χ3v) is 0.834. The van der Waals surface area contributed by atoms with Crippen LogP contribution >= 0.6 is 0 Å². The molecule has 1 rings (SSSR count). The average molecular weight is 219 g/mol. The Bertz CT molecular complexity index is 147. The summed E-state index contributed by atoms with van der Waals surface area (Å²) in [5.41, 5.74) is 1.05. The van der Waals surface area contributed by atoms with Crippen LogP contribution in [0.15, 0.2) is 6.20 Å². The van der Waals surface area contributed by atoms with Crippen LogP contribution in [0.1, 0.15) is 11.5 Å². The molecule has 0 amide bonds. The van der Waals surface area contributed by atoms with E-state index in [4.69, 9.17) is 0 Å². The predicted molar refractivity (Wildman–Crippen MR) is 28.1 cm³/mol. The summed E-state index contributed by atoms with van der Waals surface area (Å²) in [6, 6.07) is 0. The molecule has 2 nitrogen and oxygen atoms in total. The van der Waals surface area contributed by atoms with Gasteiger partial charge in [0.2, 0.25) is 0 Å². The predicted octanol–water partition coefficient (Wildman–Crippen LogP) is 1.02. The molecule has 0 atom stereocenters. The molecule has 0 saturated carbocycles. The van der Waals surface area contributed by atoms with E-state index in [0.29, 0.717) is 0 Å². The quantitative estimate of drug-likeness (QED) is 0.648. The molecule has 0 saturated heterocycles. The molecule has 58 valence electrons. The Morgan fingerprint density at radius 1 is 1.44 bits per heavy atom. The largest absolute Gasteiger partial charge is 0.349 e. The number of rotatable bonds is 0. The van der Waals surface area contributed by atoms with Gasteiger partial charge in [-0.3, -0.25) is 0 Å². The van der Waals surface area contributed by atoms with Crippen LogP contribution in [0, 0.1) is 13.8 Å². The molecule has 1 heterocycles. The van der Waals surface area contributed by atoms with Crippen LogP contribution in [0.25, 0.3) is 0 Å². The Balaban J connectivity index is 0. The Hall–Kier alpha value is 0.236. The zero-order valence-corrected chi connectivity index (χ0v) is 7.14. The summed E-state index contributed by atoms with van der Waals surface area (Å²) in [5.74, 6) is 0.984. The van der Waals surface area contributed by atoms with Crippen LogP contribution in [-0.4, -0.2) is 9.97 Å². The van der Waals surface area contributed by atoms with Crippen LogP contribution in [0.4, 0.5) is 0 Å². The van der Waals surface area contributed by atoms with Crippen molar-refractivity contribution in [1.29, 1.82) is 0 Å². The molecule has 4 heteroatoms. The van der Waals surface area contributed by atoms with Gasteiger partial charge in [-0.1, -0.05) is 0 Å². The van der Waals surface area contributed by atoms with Crippen molar-refractivity contribution in [1.82, 2.24) is 9.97 Å². The van der Waals surface area contributed by atoms with Gasteiger partial charge in [0.05, 0.1) is 5.69 Å². The molecule has 0 aliphatic heterocycles. The van der Waals surface area contributed by atoms with E-state index < -0.39 is 0 Å². The van der Waals surface area contributed by atoms with Crippen molar-refractivity contribution in [3.63, 3.8) is 0 Å². The second-order valence-corrected chi connectivity index (χ2v) is 1.63. The number of hydrogen-bond acceptors (Lipinski definition) is 1. The van der Waals surface area contributed by atoms with E-state index in [1.165, 1.54) is 0 Å². The second kappa shape index (κ2) is 5.06. The fourth-order valence-corrected chi connectivity index (χ4v) is 0.538. The zero-order chi connectivity index (χ0) is 5.28. The molecule has 0 bridgehead atoms. The number of hydrogen-bond donors (Lipinski definition) is 1. The zero-order valence-electron chi connectivity index (χ0n) is 5.16. The summed E-state index contributed by atoms with van der Waals surface area (Å²) in [6.07, 6.45) is 1.88. The summed E-state index contributed by atoms with van der Waals surface area (Å²) < 4.78 is 0. The number of nitrogens with one attached hydrogen (secondary N) is 1. The first-order valence-corrected chi connectivity index (χ1v) is 2.27. The van der Waals surface area contributed by atoms with Crippen molar-refractivity contribution in [3.05, 3.63) is 17.7 Å². The van der Waals surface area contributed by atoms with Crippen molar-refractivity contribution >= 4 is 0 Å². The number of aromatic amines is 1. The fraction of sp³-hybridized carbons (Fsp3) is 0.400. The first-order valence-electron chi connectivity index (χ1n) is 2.27. The first kappa shape index (κ1) is 12.0. The summed E-state index contributed by atoms with van der Waals surface area (Å²) >= 11 is 0. The van der Waals surface area contributed by atoms with Crippen LogP contribution in [0.3, 0.4) is 0 Å². The van der Waals surface area contributed by atoms with E-state index in [1.54, 1.807) is 0 Å². The molecule has 2 radical (unpaired) electrons. The standard InChI is InChI=1S/C5H8N2.Co.Cu/c1-4-3-6-5(2)7-4;;/h3H,1-2H3,(H,6,7);;. The van der Waals surface area contributed by atoms with Crippen molar-refractivity contribution in [2.75, 3.05) is 0 Å². The van der Waals surface area contributed by atoms with E-state index in [9.17, 15) is 0 Å². The molecule has 0 aliphatic rings. The number of H-pyrrole nitrogens is 1. The SMILES string of the molecule is Cc1c[nH]c(C)n1.[Co].[Cu]. The summed E-state index contributed by atoms with van der Waals surface area (Å²) in [6.45, 7) is 3.90. The molecule has 0 fully saturated rings. The van der Waals surface area contributed by atoms with Gasteiger partial charge in [0.1, 0.15) is 5.82 Å². The maximum absolute atomic E-state index is 4.06. The number of nitrogens with zero attached hydrogens (tertiary/aromatic N) is 1. The van der Waals surface area contributed by atoms with E-state index in [0.717, 1.165) is 11.5 Å². The summed E-state index contributed by atoms with van der Waals surface area (Å²) in [7, 11) is 0. The summed E-state index contributed by atoms with van der Waals surface area (Å²) in [4.78, 5) is 7.01. The molecule has 9 heavy (non-hydrogen) atoms. The molecule has 1 aromatic rings. The number of aryl methyl sites for hydroxylation is 2. The van der Waals surface area contributed by atoms with Crippen molar-refractivity contribution < 1.29 is 33.8 Å². The van der Waals surface area contributed by atoms with Gasteiger partial charge in [-0.25, -0.2) is 4.98 Å². The molecular weight excluding hydrogens is 211 g/mol. The van der Waals surface area contributed by atoms with Gasteiger partial charge in [-0.15, -0.1) is 0 Å². The van der Waals surface area contributed by atoms with Gasteiger partial charge < -0.3 is 4.98 Å². The molecular formula is C5H8CoCuN2. The second-order valence-electron chi connectivity index (χ2n) is 1.63. The maximum Gasteiger partial charge on any atom is 0.103 e. The van der Waals surface area contributed by atoms with Gasteiger partial charge in [-0.2, -0.15) is 0 Å². The molecule has 0 unspecified atom stereocenters. The van der Waals surface area contributed by atoms with E-state index in [-0.39, 0.29) is 33.8 Å². The minimum atomic E-state index is 0. The minimum absolute atomic E-state index is 0. The minimum Gasteiger partial charge on any atom is -0.349 e. The van der Waals surface area contributed by atoms with E-state index in [2.05, 4.69) is 9.97 Å². The molecule has 0 aliphatic carbocycles. The normalized spacial score (nSPS) is 7.33. The Kier molecular flexibility index (Phi) is 6.72. The van der Waals surface area contributed by atoms with Gasteiger partial charge in [0, 0.05) is 40.0 Å². The van der Waals surface area contributed by atoms with Gasteiger partial charge in [-0.05, 0) is 13.8 Å². The van der Waals surface area contributed by atoms with E-state index >= 15 is 0 Å².